The zero-order chi connectivity index (χ0) is 14.0. The molecule has 1 fully saturated rings. The maximum atomic E-state index is 14.0. The van der Waals surface area contributed by atoms with Crippen molar-refractivity contribution in [2.45, 2.75) is 24.3 Å². The summed E-state index contributed by atoms with van der Waals surface area (Å²) in [5.41, 5.74) is 2.16. The van der Waals surface area contributed by atoms with Gasteiger partial charge in [0.05, 0.1) is 5.56 Å². The molecular weight excluding hydrogens is 267 g/mol. The van der Waals surface area contributed by atoms with Crippen LogP contribution in [0.3, 0.4) is 0 Å². The highest BCUT2D eigenvalue weighted by molar-refractivity contribution is 8.00. The molecule has 1 amide bonds. The summed E-state index contributed by atoms with van der Waals surface area (Å²) in [6, 6.07) is 1.38. The lowest BCUT2D eigenvalue weighted by atomic mass is 10.2. The zero-order valence-electron chi connectivity index (χ0n) is 10.9. The molecule has 2 unspecified atom stereocenters. The Morgan fingerprint density at radius 2 is 2.16 bits per heavy atom. The van der Waals surface area contributed by atoms with Crippen LogP contribution < -0.4 is 11.3 Å². The third-order valence-electron chi connectivity index (χ3n) is 2.96. The first-order valence-electron chi connectivity index (χ1n) is 6.08. The molecule has 1 aromatic heterocycles. The molecule has 3 N–H and O–H groups in total. The molecular formula is C12H17FN4OS. The monoisotopic (exact) mass is 284 g/mol. The van der Waals surface area contributed by atoms with E-state index in [-0.39, 0.29) is 17.3 Å². The van der Waals surface area contributed by atoms with Crippen LogP contribution in [0, 0.1) is 5.82 Å². The first-order valence-corrected chi connectivity index (χ1v) is 7.03. The lowest BCUT2D eigenvalue weighted by Crippen LogP contribution is -2.44. The number of nitrogens with two attached hydrogens (primary N) is 1. The van der Waals surface area contributed by atoms with Crippen LogP contribution in [0.25, 0.3) is 0 Å². The molecule has 2 heterocycles. The largest absolute Gasteiger partial charge is 0.336 e. The number of aromatic nitrogens is 1. The summed E-state index contributed by atoms with van der Waals surface area (Å²) < 4.78 is 14.0. The van der Waals surface area contributed by atoms with Gasteiger partial charge in [-0.15, -0.1) is 0 Å². The minimum absolute atomic E-state index is 0.00856. The second-order valence-electron chi connectivity index (χ2n) is 4.63. The molecule has 2 rings (SSSR count). The number of halogens is 1. The van der Waals surface area contributed by atoms with Gasteiger partial charge in [-0.1, -0.05) is 13.8 Å². The molecule has 1 saturated heterocycles. The number of carbonyl (C=O) groups is 1. The molecule has 0 radical (unpaired) electrons. The van der Waals surface area contributed by atoms with E-state index in [9.17, 15) is 9.18 Å². The van der Waals surface area contributed by atoms with Crippen molar-refractivity contribution in [3.05, 3.63) is 23.6 Å². The minimum atomic E-state index is -0.700. The Kier molecular flexibility index (Phi) is 4.26. The standard InChI is InChI=1S/C12H17FN4OS/c1-7-5-17(6-8(2)19-7)12(18)9-3-4-15-11(16-14)10(9)13/h3-4,7-8H,5-6,14H2,1-2H3,(H,15,16). The lowest BCUT2D eigenvalue weighted by Gasteiger charge is -2.34. The van der Waals surface area contributed by atoms with Crippen LogP contribution in [0.4, 0.5) is 10.2 Å². The molecule has 7 heteroatoms. The normalized spacial score (nSPS) is 23.3. The number of amides is 1. The number of rotatable bonds is 2. The average molecular weight is 284 g/mol. The molecule has 0 aliphatic carbocycles. The second-order valence-corrected chi connectivity index (χ2v) is 6.51. The van der Waals surface area contributed by atoms with E-state index < -0.39 is 5.82 Å². The number of nitrogen functional groups attached to an aromatic ring is 1. The Morgan fingerprint density at radius 3 is 2.74 bits per heavy atom. The van der Waals surface area contributed by atoms with Crippen molar-refractivity contribution in [2.75, 3.05) is 18.5 Å². The maximum absolute atomic E-state index is 14.0. The van der Waals surface area contributed by atoms with Crippen LogP contribution >= 0.6 is 11.8 Å². The van der Waals surface area contributed by atoms with E-state index in [4.69, 9.17) is 5.84 Å². The molecule has 2 atom stereocenters. The molecule has 1 aromatic rings. The van der Waals surface area contributed by atoms with E-state index in [2.05, 4.69) is 24.3 Å². The quantitative estimate of drug-likeness (QED) is 0.635. The lowest BCUT2D eigenvalue weighted by molar-refractivity contribution is 0.0748. The molecule has 5 nitrogen and oxygen atoms in total. The van der Waals surface area contributed by atoms with Gasteiger partial charge in [0.25, 0.3) is 5.91 Å². The molecule has 0 aromatic carbocycles. The van der Waals surface area contributed by atoms with Gasteiger partial charge in [-0.3, -0.25) is 4.79 Å². The minimum Gasteiger partial charge on any atom is -0.336 e. The van der Waals surface area contributed by atoms with Gasteiger partial charge in [0.1, 0.15) is 0 Å². The Balaban J connectivity index is 2.24. The number of hydrogen-bond donors (Lipinski definition) is 2. The highest BCUT2D eigenvalue weighted by Crippen LogP contribution is 2.26. The summed E-state index contributed by atoms with van der Waals surface area (Å²) in [6.07, 6.45) is 1.37. The number of nitrogens with zero attached hydrogens (tertiary/aromatic N) is 2. The van der Waals surface area contributed by atoms with Gasteiger partial charge < -0.3 is 10.3 Å². The number of pyridine rings is 1. The van der Waals surface area contributed by atoms with Gasteiger partial charge in [0.15, 0.2) is 11.6 Å². The average Bonchev–Trinajstić information content (AvgIpc) is 2.37. The summed E-state index contributed by atoms with van der Waals surface area (Å²) in [5.74, 6) is 4.04. The summed E-state index contributed by atoms with van der Waals surface area (Å²) >= 11 is 1.84. The van der Waals surface area contributed by atoms with Crippen molar-refractivity contribution in [3.8, 4) is 0 Å². The van der Waals surface area contributed by atoms with Gasteiger partial charge >= 0.3 is 0 Å². The predicted molar refractivity (Wildman–Crippen MR) is 74.4 cm³/mol. The third kappa shape index (κ3) is 2.98. The number of hydrogen-bond acceptors (Lipinski definition) is 5. The maximum Gasteiger partial charge on any atom is 0.257 e. The Hall–Kier alpha value is -1.34. The summed E-state index contributed by atoms with van der Waals surface area (Å²) in [7, 11) is 0. The van der Waals surface area contributed by atoms with Crippen LogP contribution in [0.15, 0.2) is 12.3 Å². The van der Waals surface area contributed by atoms with E-state index in [1.807, 2.05) is 11.8 Å². The highest BCUT2D eigenvalue weighted by atomic mass is 32.2. The van der Waals surface area contributed by atoms with E-state index in [1.165, 1.54) is 12.3 Å². The first-order chi connectivity index (χ1) is 9.02. The third-order valence-corrected chi connectivity index (χ3v) is 4.19. The summed E-state index contributed by atoms with van der Waals surface area (Å²) in [4.78, 5) is 17.8. The molecule has 19 heavy (non-hydrogen) atoms. The van der Waals surface area contributed by atoms with Gasteiger partial charge in [-0.25, -0.2) is 15.2 Å². The molecule has 104 valence electrons. The van der Waals surface area contributed by atoms with Gasteiger partial charge in [0.2, 0.25) is 0 Å². The van der Waals surface area contributed by atoms with Crippen LogP contribution in [-0.2, 0) is 0 Å². The van der Waals surface area contributed by atoms with Gasteiger partial charge in [-0.2, -0.15) is 11.8 Å². The fraction of sp³-hybridized carbons (Fsp3) is 0.500. The number of nitrogens with one attached hydrogen (secondary N) is 1. The Labute approximate surface area is 115 Å². The van der Waals surface area contributed by atoms with E-state index >= 15 is 0 Å². The van der Waals surface area contributed by atoms with Crippen molar-refractivity contribution >= 4 is 23.5 Å². The van der Waals surface area contributed by atoms with Crippen LogP contribution in [0.2, 0.25) is 0 Å². The number of thioether (sulfide) groups is 1. The Bertz CT molecular complexity index is 475. The molecule has 0 saturated carbocycles. The fourth-order valence-corrected chi connectivity index (χ4v) is 3.55. The van der Waals surface area contributed by atoms with Crippen molar-refractivity contribution in [3.63, 3.8) is 0 Å². The Morgan fingerprint density at radius 1 is 1.53 bits per heavy atom. The topological polar surface area (TPSA) is 71.2 Å². The predicted octanol–water partition coefficient (Wildman–Crippen LogP) is 1.47. The SMILES string of the molecule is CC1CN(C(=O)c2ccnc(NN)c2F)CC(C)S1. The zero-order valence-corrected chi connectivity index (χ0v) is 11.7. The van der Waals surface area contributed by atoms with Crippen molar-refractivity contribution in [1.82, 2.24) is 9.88 Å². The van der Waals surface area contributed by atoms with Crippen molar-refractivity contribution in [2.24, 2.45) is 5.84 Å². The van der Waals surface area contributed by atoms with Gasteiger partial charge in [-0.05, 0) is 6.07 Å². The summed E-state index contributed by atoms with van der Waals surface area (Å²) in [5, 5.41) is 0.703. The van der Waals surface area contributed by atoms with Crippen LogP contribution in [0.1, 0.15) is 24.2 Å². The molecule has 1 aliphatic heterocycles. The van der Waals surface area contributed by atoms with Crippen molar-refractivity contribution < 1.29 is 9.18 Å². The molecule has 0 spiro atoms. The number of hydrazine groups is 1. The van der Waals surface area contributed by atoms with Crippen LogP contribution in [-0.4, -0.2) is 39.4 Å². The van der Waals surface area contributed by atoms with E-state index in [0.29, 0.717) is 23.6 Å². The van der Waals surface area contributed by atoms with E-state index in [1.54, 1.807) is 4.90 Å². The highest BCUT2D eigenvalue weighted by Gasteiger charge is 2.28. The number of anilines is 1. The second kappa shape index (κ2) is 5.75. The van der Waals surface area contributed by atoms with Crippen molar-refractivity contribution in [1.29, 1.82) is 0 Å². The smallest absolute Gasteiger partial charge is 0.257 e. The van der Waals surface area contributed by atoms with Crippen LogP contribution in [0.5, 0.6) is 0 Å². The molecule has 1 aliphatic rings. The first kappa shape index (κ1) is 14.1. The molecule has 0 bridgehead atoms. The number of carbonyl (C=O) groups excluding carboxylic acids is 1. The fourth-order valence-electron chi connectivity index (χ4n) is 2.22. The summed E-state index contributed by atoms with van der Waals surface area (Å²) in [6.45, 7) is 5.38. The van der Waals surface area contributed by atoms with E-state index in [0.717, 1.165) is 0 Å². The van der Waals surface area contributed by atoms with Gasteiger partial charge in [0, 0.05) is 29.8 Å².